The van der Waals surface area contributed by atoms with Gasteiger partial charge in [0.15, 0.2) is 11.5 Å². The van der Waals surface area contributed by atoms with Crippen LogP contribution in [0.4, 0.5) is 0 Å². The first-order valence-corrected chi connectivity index (χ1v) is 9.93. The molecule has 2 aromatic carbocycles. The quantitative estimate of drug-likeness (QED) is 0.319. The summed E-state index contributed by atoms with van der Waals surface area (Å²) in [5, 5.41) is 4.17. The lowest BCUT2D eigenvalue weighted by Crippen LogP contribution is -2.06. The second-order valence-electron chi connectivity index (χ2n) is 7.25. The van der Waals surface area contributed by atoms with Crippen molar-refractivity contribution in [3.63, 3.8) is 0 Å². The molecule has 0 unspecified atom stereocenters. The van der Waals surface area contributed by atoms with E-state index in [1.807, 2.05) is 68.4 Å². The van der Waals surface area contributed by atoms with Crippen molar-refractivity contribution in [3.8, 4) is 28.3 Å². The molecule has 0 aliphatic carbocycles. The van der Waals surface area contributed by atoms with E-state index in [1.165, 1.54) is 12.8 Å². The van der Waals surface area contributed by atoms with E-state index in [1.54, 1.807) is 0 Å². The van der Waals surface area contributed by atoms with Crippen molar-refractivity contribution >= 4 is 5.78 Å². The molecule has 0 aliphatic heterocycles. The van der Waals surface area contributed by atoms with Crippen LogP contribution in [0.3, 0.4) is 0 Å². The van der Waals surface area contributed by atoms with Crippen LogP contribution in [-0.2, 0) is 0 Å². The molecule has 3 rings (SSSR count). The molecule has 3 aromatic rings. The minimum Gasteiger partial charge on any atom is -0.494 e. The standard InChI is InChI=1S/C24H27NO3/c1-4-5-6-15-27-21-13-11-19(12-14-21)23-16-22(25-28-23)18-7-9-20(10-8-18)24(26)17(2)3/h7-14,16-17H,4-6,15H2,1-3H3. The van der Waals surface area contributed by atoms with Crippen LogP contribution in [-0.4, -0.2) is 17.5 Å². The Labute approximate surface area is 166 Å². The van der Waals surface area contributed by atoms with Gasteiger partial charge in [-0.15, -0.1) is 0 Å². The number of aromatic nitrogens is 1. The van der Waals surface area contributed by atoms with Gasteiger partial charge in [-0.05, 0) is 30.7 Å². The molecule has 0 radical (unpaired) electrons. The summed E-state index contributed by atoms with van der Waals surface area (Å²) in [7, 11) is 0. The number of benzene rings is 2. The van der Waals surface area contributed by atoms with Gasteiger partial charge >= 0.3 is 0 Å². The predicted molar refractivity (Wildman–Crippen MR) is 112 cm³/mol. The molecule has 0 spiro atoms. The Hall–Kier alpha value is -2.88. The molecule has 0 saturated carbocycles. The highest BCUT2D eigenvalue weighted by atomic mass is 16.5. The third-order valence-electron chi connectivity index (χ3n) is 4.66. The van der Waals surface area contributed by atoms with Gasteiger partial charge < -0.3 is 9.26 Å². The molecule has 0 saturated heterocycles. The Morgan fingerprint density at radius 3 is 2.32 bits per heavy atom. The molecule has 146 valence electrons. The molecule has 0 fully saturated rings. The highest BCUT2D eigenvalue weighted by Gasteiger charge is 2.12. The first-order valence-electron chi connectivity index (χ1n) is 9.93. The van der Waals surface area contributed by atoms with Crippen molar-refractivity contribution in [1.29, 1.82) is 0 Å². The molecule has 0 aliphatic rings. The number of rotatable bonds is 9. The lowest BCUT2D eigenvalue weighted by molar-refractivity contribution is 0.0939. The second kappa shape index (κ2) is 9.36. The van der Waals surface area contributed by atoms with Crippen molar-refractivity contribution in [2.24, 2.45) is 5.92 Å². The molecule has 1 aromatic heterocycles. The normalized spacial score (nSPS) is 11.0. The Kier molecular flexibility index (Phi) is 6.64. The number of ketones is 1. The van der Waals surface area contributed by atoms with Gasteiger partial charge in [-0.1, -0.05) is 63.0 Å². The zero-order chi connectivity index (χ0) is 19.9. The van der Waals surface area contributed by atoms with Gasteiger partial charge in [0.2, 0.25) is 0 Å². The Balaban J connectivity index is 1.67. The van der Waals surface area contributed by atoms with Crippen molar-refractivity contribution in [2.75, 3.05) is 6.61 Å². The van der Waals surface area contributed by atoms with Crippen LogP contribution in [0.5, 0.6) is 5.75 Å². The van der Waals surface area contributed by atoms with E-state index in [2.05, 4.69) is 12.1 Å². The number of carbonyl (C=O) groups is 1. The minimum atomic E-state index is -0.0110. The number of ether oxygens (including phenoxy) is 1. The third-order valence-corrected chi connectivity index (χ3v) is 4.66. The summed E-state index contributed by atoms with van der Waals surface area (Å²) in [5.41, 5.74) is 3.34. The molecule has 4 heteroatoms. The van der Waals surface area contributed by atoms with Crippen molar-refractivity contribution in [2.45, 2.75) is 40.0 Å². The molecule has 0 bridgehead atoms. The van der Waals surface area contributed by atoms with E-state index in [0.717, 1.165) is 41.2 Å². The van der Waals surface area contributed by atoms with Crippen molar-refractivity contribution < 1.29 is 14.1 Å². The van der Waals surface area contributed by atoms with Crippen LogP contribution < -0.4 is 4.74 Å². The Bertz CT molecular complexity index is 892. The van der Waals surface area contributed by atoms with Crippen molar-refractivity contribution in [1.82, 2.24) is 5.16 Å². The number of nitrogens with zero attached hydrogens (tertiary/aromatic N) is 1. The molecule has 28 heavy (non-hydrogen) atoms. The molecular weight excluding hydrogens is 350 g/mol. The van der Waals surface area contributed by atoms with Crippen LogP contribution in [0.2, 0.25) is 0 Å². The summed E-state index contributed by atoms with van der Waals surface area (Å²) in [6, 6.07) is 17.3. The highest BCUT2D eigenvalue weighted by Crippen LogP contribution is 2.28. The molecule has 0 amide bonds. The molecule has 0 N–H and O–H groups in total. The topological polar surface area (TPSA) is 52.3 Å². The molecular formula is C24H27NO3. The Morgan fingerprint density at radius 2 is 1.68 bits per heavy atom. The van der Waals surface area contributed by atoms with Gasteiger partial charge in [0, 0.05) is 28.7 Å². The summed E-state index contributed by atoms with van der Waals surface area (Å²) in [6.45, 7) is 6.73. The van der Waals surface area contributed by atoms with Gasteiger partial charge in [-0.25, -0.2) is 0 Å². The smallest absolute Gasteiger partial charge is 0.167 e. The number of carbonyl (C=O) groups excluding carboxylic acids is 1. The monoisotopic (exact) mass is 377 g/mol. The lowest BCUT2D eigenvalue weighted by atomic mass is 9.99. The minimum absolute atomic E-state index is 0.0110. The van der Waals surface area contributed by atoms with Crippen LogP contribution in [0.15, 0.2) is 59.1 Å². The maximum absolute atomic E-state index is 12.1. The largest absolute Gasteiger partial charge is 0.494 e. The fourth-order valence-electron chi connectivity index (χ4n) is 2.94. The Morgan fingerprint density at radius 1 is 1.00 bits per heavy atom. The number of unbranched alkanes of at least 4 members (excludes halogenated alkanes) is 2. The van der Waals surface area contributed by atoms with Crippen LogP contribution in [0.1, 0.15) is 50.4 Å². The fourth-order valence-corrected chi connectivity index (χ4v) is 2.94. The summed E-state index contributed by atoms with van der Waals surface area (Å²) < 4.78 is 11.3. The zero-order valence-electron chi connectivity index (χ0n) is 16.8. The van der Waals surface area contributed by atoms with E-state index in [0.29, 0.717) is 5.76 Å². The van der Waals surface area contributed by atoms with E-state index in [4.69, 9.17) is 9.26 Å². The van der Waals surface area contributed by atoms with E-state index < -0.39 is 0 Å². The molecule has 1 heterocycles. The van der Waals surface area contributed by atoms with Gasteiger partial charge in [0.05, 0.1) is 6.61 Å². The summed E-state index contributed by atoms with van der Waals surface area (Å²) >= 11 is 0. The lowest BCUT2D eigenvalue weighted by Gasteiger charge is -2.05. The number of hydrogen-bond acceptors (Lipinski definition) is 4. The first-order chi connectivity index (χ1) is 13.6. The molecule has 4 nitrogen and oxygen atoms in total. The van der Waals surface area contributed by atoms with Gasteiger partial charge in [0.25, 0.3) is 0 Å². The van der Waals surface area contributed by atoms with Crippen LogP contribution >= 0.6 is 0 Å². The van der Waals surface area contributed by atoms with Gasteiger partial charge in [-0.2, -0.15) is 0 Å². The predicted octanol–water partition coefficient (Wildman–Crippen LogP) is 6.42. The average Bonchev–Trinajstić information content (AvgIpc) is 3.21. The zero-order valence-corrected chi connectivity index (χ0v) is 16.8. The van der Waals surface area contributed by atoms with Crippen LogP contribution in [0.25, 0.3) is 22.6 Å². The maximum atomic E-state index is 12.1. The maximum Gasteiger partial charge on any atom is 0.167 e. The first kappa shape index (κ1) is 19.9. The SMILES string of the molecule is CCCCCOc1ccc(-c2cc(-c3ccc(C(=O)C(C)C)cc3)no2)cc1. The number of Topliss-reactive ketones (excluding diaryl/α,β-unsaturated/α-hetero) is 1. The summed E-state index contributed by atoms with van der Waals surface area (Å²) in [5.74, 6) is 1.70. The molecule has 0 atom stereocenters. The summed E-state index contributed by atoms with van der Waals surface area (Å²) in [4.78, 5) is 12.1. The average molecular weight is 377 g/mol. The highest BCUT2D eigenvalue weighted by molar-refractivity contribution is 5.97. The van der Waals surface area contributed by atoms with Crippen molar-refractivity contribution in [3.05, 3.63) is 60.2 Å². The van der Waals surface area contributed by atoms with E-state index in [-0.39, 0.29) is 11.7 Å². The number of hydrogen-bond donors (Lipinski definition) is 0. The summed E-state index contributed by atoms with van der Waals surface area (Å²) in [6.07, 6.45) is 3.45. The fraction of sp³-hybridized carbons (Fsp3) is 0.333. The van der Waals surface area contributed by atoms with E-state index in [9.17, 15) is 4.79 Å². The van der Waals surface area contributed by atoms with Crippen LogP contribution in [0, 0.1) is 5.92 Å². The van der Waals surface area contributed by atoms with Gasteiger partial charge in [0.1, 0.15) is 11.4 Å². The third kappa shape index (κ3) is 4.89. The second-order valence-corrected chi connectivity index (χ2v) is 7.25. The van der Waals surface area contributed by atoms with E-state index >= 15 is 0 Å². The van der Waals surface area contributed by atoms with Gasteiger partial charge in [-0.3, -0.25) is 4.79 Å².